The Hall–Kier alpha value is -0.650. The minimum Gasteiger partial charge on any atom is -0.392 e. The van der Waals surface area contributed by atoms with E-state index in [0.29, 0.717) is 6.54 Å². The molecular formula is C11H23N3O2. The molecule has 1 fully saturated rings. The number of carbonyl (C=O) groups is 1. The third-order valence-corrected chi connectivity index (χ3v) is 3.02. The number of aliphatic hydroxyl groups excluding tert-OH is 1. The van der Waals surface area contributed by atoms with Gasteiger partial charge < -0.3 is 15.7 Å². The van der Waals surface area contributed by atoms with Crippen molar-refractivity contribution < 1.29 is 9.90 Å². The van der Waals surface area contributed by atoms with E-state index in [-0.39, 0.29) is 5.91 Å². The van der Waals surface area contributed by atoms with Crippen LogP contribution < -0.4 is 10.6 Å². The predicted molar refractivity (Wildman–Crippen MR) is 63.2 cm³/mol. The van der Waals surface area contributed by atoms with Gasteiger partial charge in [-0.3, -0.25) is 9.69 Å². The maximum absolute atomic E-state index is 12.0. The summed E-state index contributed by atoms with van der Waals surface area (Å²) in [4.78, 5) is 14.2. The molecule has 1 atom stereocenters. The fourth-order valence-corrected chi connectivity index (χ4v) is 1.82. The molecular weight excluding hydrogens is 206 g/mol. The van der Waals surface area contributed by atoms with E-state index in [4.69, 9.17) is 5.11 Å². The summed E-state index contributed by atoms with van der Waals surface area (Å²) in [5, 5.41) is 15.2. The van der Waals surface area contributed by atoms with Crippen LogP contribution in [0.25, 0.3) is 0 Å². The second-order valence-corrected chi connectivity index (χ2v) is 4.86. The van der Waals surface area contributed by atoms with Crippen LogP contribution >= 0.6 is 0 Å². The fourth-order valence-electron chi connectivity index (χ4n) is 1.82. The summed E-state index contributed by atoms with van der Waals surface area (Å²) < 4.78 is 0. The molecule has 1 rings (SSSR count). The average Bonchev–Trinajstić information content (AvgIpc) is 2.27. The lowest BCUT2D eigenvalue weighted by atomic mass is 10.0. The molecule has 0 aromatic heterocycles. The van der Waals surface area contributed by atoms with E-state index in [9.17, 15) is 4.79 Å². The number of rotatable bonds is 4. The molecule has 0 aromatic rings. The van der Waals surface area contributed by atoms with Gasteiger partial charge >= 0.3 is 0 Å². The average molecular weight is 229 g/mol. The highest BCUT2D eigenvalue weighted by molar-refractivity contribution is 5.85. The zero-order chi connectivity index (χ0) is 12.2. The molecule has 0 spiro atoms. The lowest BCUT2D eigenvalue weighted by Crippen LogP contribution is -2.60. The van der Waals surface area contributed by atoms with Gasteiger partial charge in [0, 0.05) is 32.7 Å². The molecule has 0 radical (unpaired) electrons. The highest BCUT2D eigenvalue weighted by Crippen LogP contribution is 2.15. The number of nitrogens with zero attached hydrogens (tertiary/aromatic N) is 1. The first-order chi connectivity index (χ1) is 7.44. The molecule has 0 bridgehead atoms. The third kappa shape index (κ3) is 3.43. The first-order valence-corrected chi connectivity index (χ1v) is 5.86. The van der Waals surface area contributed by atoms with Crippen LogP contribution in [0.15, 0.2) is 0 Å². The summed E-state index contributed by atoms with van der Waals surface area (Å²) in [5.74, 6) is -0.0182. The second-order valence-electron chi connectivity index (χ2n) is 4.86. The van der Waals surface area contributed by atoms with Crippen molar-refractivity contribution >= 4 is 5.91 Å². The molecule has 1 saturated heterocycles. The van der Waals surface area contributed by atoms with Crippen LogP contribution in [0.4, 0.5) is 0 Å². The first kappa shape index (κ1) is 13.4. The summed E-state index contributed by atoms with van der Waals surface area (Å²) in [6.07, 6.45) is -0.497. The highest BCUT2D eigenvalue weighted by atomic mass is 16.3. The molecule has 1 aliphatic rings. The van der Waals surface area contributed by atoms with Gasteiger partial charge in [-0.05, 0) is 20.8 Å². The number of aliphatic hydroxyl groups is 1. The summed E-state index contributed by atoms with van der Waals surface area (Å²) in [7, 11) is 0. The van der Waals surface area contributed by atoms with Crippen molar-refractivity contribution in [3.05, 3.63) is 0 Å². The Bertz CT molecular complexity index is 235. The summed E-state index contributed by atoms with van der Waals surface area (Å²) >= 11 is 0. The smallest absolute Gasteiger partial charge is 0.240 e. The van der Waals surface area contributed by atoms with Gasteiger partial charge in [-0.15, -0.1) is 0 Å². The molecule has 0 aliphatic carbocycles. The number of nitrogens with one attached hydrogen (secondary N) is 2. The van der Waals surface area contributed by atoms with Crippen LogP contribution in [0, 0.1) is 0 Å². The largest absolute Gasteiger partial charge is 0.392 e. The summed E-state index contributed by atoms with van der Waals surface area (Å²) in [5.41, 5.74) is -0.503. The number of hydrogen-bond donors (Lipinski definition) is 3. The van der Waals surface area contributed by atoms with E-state index in [1.807, 2.05) is 13.8 Å². The van der Waals surface area contributed by atoms with Crippen LogP contribution in [-0.2, 0) is 4.79 Å². The Morgan fingerprint density at radius 2 is 2.06 bits per heavy atom. The maximum Gasteiger partial charge on any atom is 0.240 e. The molecule has 16 heavy (non-hydrogen) atoms. The van der Waals surface area contributed by atoms with Gasteiger partial charge in [-0.1, -0.05) is 0 Å². The quantitative estimate of drug-likeness (QED) is 0.588. The van der Waals surface area contributed by atoms with Crippen molar-refractivity contribution in [3.63, 3.8) is 0 Å². The SMILES string of the molecule is C[C@H](O)CNC(=O)C(C)(C)N1CCNCC1. The van der Waals surface area contributed by atoms with Gasteiger partial charge in [0.25, 0.3) is 0 Å². The van der Waals surface area contributed by atoms with E-state index in [1.165, 1.54) is 0 Å². The van der Waals surface area contributed by atoms with Gasteiger partial charge in [-0.2, -0.15) is 0 Å². The molecule has 1 heterocycles. The number of hydrogen-bond acceptors (Lipinski definition) is 4. The van der Waals surface area contributed by atoms with E-state index >= 15 is 0 Å². The molecule has 5 heteroatoms. The van der Waals surface area contributed by atoms with Crippen molar-refractivity contribution in [3.8, 4) is 0 Å². The highest BCUT2D eigenvalue weighted by Gasteiger charge is 2.34. The third-order valence-electron chi connectivity index (χ3n) is 3.02. The first-order valence-electron chi connectivity index (χ1n) is 5.86. The number of carbonyl (C=O) groups excluding carboxylic acids is 1. The van der Waals surface area contributed by atoms with Crippen molar-refractivity contribution in [2.45, 2.75) is 32.4 Å². The van der Waals surface area contributed by atoms with Gasteiger partial charge in [-0.25, -0.2) is 0 Å². The van der Waals surface area contributed by atoms with Gasteiger partial charge in [0.15, 0.2) is 0 Å². The zero-order valence-electron chi connectivity index (χ0n) is 10.4. The van der Waals surface area contributed by atoms with E-state index in [2.05, 4.69) is 15.5 Å². The molecule has 94 valence electrons. The predicted octanol–water partition coefficient (Wildman–Crippen LogP) is -0.833. The molecule has 5 nitrogen and oxygen atoms in total. The van der Waals surface area contributed by atoms with E-state index < -0.39 is 11.6 Å². The van der Waals surface area contributed by atoms with Crippen LogP contribution in [0.2, 0.25) is 0 Å². The standard InChI is InChI=1S/C11H23N3O2/c1-9(15)8-13-10(16)11(2,3)14-6-4-12-5-7-14/h9,12,15H,4-8H2,1-3H3,(H,13,16)/t9-/m0/s1. The molecule has 1 amide bonds. The fraction of sp³-hybridized carbons (Fsp3) is 0.909. The normalized spacial score (nSPS) is 20.5. The molecule has 0 unspecified atom stereocenters. The zero-order valence-corrected chi connectivity index (χ0v) is 10.4. The van der Waals surface area contributed by atoms with Gasteiger partial charge in [0.05, 0.1) is 11.6 Å². The Labute approximate surface area is 97.2 Å². The topological polar surface area (TPSA) is 64.6 Å². The van der Waals surface area contributed by atoms with Crippen LogP contribution in [0.1, 0.15) is 20.8 Å². The van der Waals surface area contributed by atoms with Gasteiger partial charge in [0.1, 0.15) is 0 Å². The Kier molecular flexibility index (Phi) is 4.70. The molecule has 1 aliphatic heterocycles. The summed E-state index contributed by atoms with van der Waals surface area (Å²) in [6, 6.07) is 0. The Balaban J connectivity index is 2.50. The van der Waals surface area contributed by atoms with Crippen molar-refractivity contribution in [2.75, 3.05) is 32.7 Å². The molecule has 0 aromatic carbocycles. The van der Waals surface area contributed by atoms with Gasteiger partial charge in [0.2, 0.25) is 5.91 Å². The Morgan fingerprint density at radius 1 is 1.50 bits per heavy atom. The monoisotopic (exact) mass is 229 g/mol. The minimum atomic E-state index is -0.503. The maximum atomic E-state index is 12.0. The Morgan fingerprint density at radius 3 is 2.56 bits per heavy atom. The molecule has 3 N–H and O–H groups in total. The number of amides is 1. The van der Waals surface area contributed by atoms with Crippen molar-refractivity contribution in [1.82, 2.24) is 15.5 Å². The summed E-state index contributed by atoms with van der Waals surface area (Å²) in [6.45, 7) is 9.45. The van der Waals surface area contributed by atoms with E-state index in [1.54, 1.807) is 6.92 Å². The number of piperazine rings is 1. The van der Waals surface area contributed by atoms with Crippen molar-refractivity contribution in [1.29, 1.82) is 0 Å². The lowest BCUT2D eigenvalue weighted by Gasteiger charge is -2.39. The van der Waals surface area contributed by atoms with Crippen LogP contribution in [0.3, 0.4) is 0 Å². The van der Waals surface area contributed by atoms with E-state index in [0.717, 1.165) is 26.2 Å². The van der Waals surface area contributed by atoms with Crippen LogP contribution in [-0.4, -0.2) is 60.3 Å². The minimum absolute atomic E-state index is 0.0182. The lowest BCUT2D eigenvalue weighted by molar-refractivity contribution is -0.132. The van der Waals surface area contributed by atoms with Crippen LogP contribution in [0.5, 0.6) is 0 Å². The van der Waals surface area contributed by atoms with Crippen molar-refractivity contribution in [2.24, 2.45) is 0 Å². The molecule has 0 saturated carbocycles. The second kappa shape index (κ2) is 5.61.